The van der Waals surface area contributed by atoms with E-state index in [0.717, 1.165) is 16.9 Å². The first-order valence-corrected chi connectivity index (χ1v) is 7.76. The standard InChI is InChI=1S/C19H21N3O3/c1-25-18-7-3-2-5-15(18)6-4-12-21-22-19(24)17(20)13-14-8-10-16(23)11-9-14/h2-12,17,23H,13,20H2,1H3,(H,22,24)/b6-4+,21-12+. The Kier molecular flexibility index (Phi) is 6.74. The molecule has 0 aromatic heterocycles. The van der Waals surface area contributed by atoms with Crippen LogP contribution < -0.4 is 15.9 Å². The lowest BCUT2D eigenvalue weighted by Crippen LogP contribution is -2.39. The van der Waals surface area contributed by atoms with E-state index >= 15 is 0 Å². The Balaban J connectivity index is 1.83. The monoisotopic (exact) mass is 339 g/mol. The molecule has 2 rings (SSSR count). The molecule has 2 aromatic carbocycles. The number of amides is 1. The molecule has 0 aliphatic heterocycles. The van der Waals surface area contributed by atoms with Crippen LogP contribution in [0.25, 0.3) is 6.08 Å². The number of phenols is 1. The number of nitrogens with two attached hydrogens (primary N) is 1. The van der Waals surface area contributed by atoms with Crippen LogP contribution in [0.1, 0.15) is 11.1 Å². The first-order chi connectivity index (χ1) is 12.1. The normalized spacial score (nSPS) is 12.4. The van der Waals surface area contributed by atoms with E-state index in [-0.39, 0.29) is 11.7 Å². The van der Waals surface area contributed by atoms with Crippen LogP contribution in [0.3, 0.4) is 0 Å². The number of benzene rings is 2. The summed E-state index contributed by atoms with van der Waals surface area (Å²) in [4.78, 5) is 11.9. The fraction of sp³-hybridized carbons (Fsp3) is 0.158. The zero-order valence-corrected chi connectivity index (χ0v) is 13.9. The van der Waals surface area contributed by atoms with Gasteiger partial charge in [-0.3, -0.25) is 4.79 Å². The Bertz CT molecular complexity index is 755. The fourth-order valence-corrected chi connectivity index (χ4v) is 2.16. The number of hydrazone groups is 1. The number of para-hydroxylation sites is 1. The number of hydrogen-bond donors (Lipinski definition) is 3. The van der Waals surface area contributed by atoms with Crippen molar-refractivity contribution in [2.75, 3.05) is 7.11 Å². The molecule has 1 atom stereocenters. The number of nitrogens with one attached hydrogen (secondary N) is 1. The molecule has 1 amide bonds. The summed E-state index contributed by atoms with van der Waals surface area (Å²) >= 11 is 0. The van der Waals surface area contributed by atoms with Crippen molar-refractivity contribution in [2.24, 2.45) is 10.8 Å². The minimum absolute atomic E-state index is 0.174. The predicted molar refractivity (Wildman–Crippen MR) is 98.4 cm³/mol. The smallest absolute Gasteiger partial charge is 0.257 e. The third kappa shape index (κ3) is 5.78. The van der Waals surface area contributed by atoms with Crippen molar-refractivity contribution in [3.05, 3.63) is 65.7 Å². The van der Waals surface area contributed by atoms with Gasteiger partial charge in [0.25, 0.3) is 5.91 Å². The van der Waals surface area contributed by atoms with Crippen molar-refractivity contribution in [2.45, 2.75) is 12.5 Å². The summed E-state index contributed by atoms with van der Waals surface area (Å²) in [6.07, 6.45) is 5.35. The van der Waals surface area contributed by atoms with E-state index in [2.05, 4.69) is 10.5 Å². The zero-order valence-electron chi connectivity index (χ0n) is 13.9. The zero-order chi connectivity index (χ0) is 18.1. The maximum atomic E-state index is 11.9. The van der Waals surface area contributed by atoms with Crippen molar-refractivity contribution >= 4 is 18.2 Å². The van der Waals surface area contributed by atoms with E-state index in [1.165, 1.54) is 6.21 Å². The molecule has 0 saturated heterocycles. The molecule has 2 aromatic rings. The molecule has 0 aliphatic carbocycles. The Morgan fingerprint density at radius 3 is 2.72 bits per heavy atom. The second kappa shape index (κ2) is 9.24. The summed E-state index contributed by atoms with van der Waals surface area (Å²) < 4.78 is 5.24. The number of rotatable bonds is 7. The van der Waals surface area contributed by atoms with Crippen molar-refractivity contribution in [3.63, 3.8) is 0 Å². The molecule has 0 spiro atoms. The summed E-state index contributed by atoms with van der Waals surface area (Å²) in [5.74, 6) is 0.551. The lowest BCUT2D eigenvalue weighted by atomic mass is 10.1. The maximum Gasteiger partial charge on any atom is 0.257 e. The first-order valence-electron chi connectivity index (χ1n) is 7.76. The molecule has 130 valence electrons. The molecule has 0 saturated carbocycles. The molecule has 0 heterocycles. The van der Waals surface area contributed by atoms with Crippen LogP contribution in [0.2, 0.25) is 0 Å². The topological polar surface area (TPSA) is 96.9 Å². The van der Waals surface area contributed by atoms with Gasteiger partial charge in [0.1, 0.15) is 11.5 Å². The second-order valence-corrected chi connectivity index (χ2v) is 5.33. The average molecular weight is 339 g/mol. The third-order valence-corrected chi connectivity index (χ3v) is 3.48. The van der Waals surface area contributed by atoms with Gasteiger partial charge in [-0.15, -0.1) is 0 Å². The van der Waals surface area contributed by atoms with Gasteiger partial charge in [0, 0.05) is 11.8 Å². The highest BCUT2D eigenvalue weighted by molar-refractivity contribution is 5.84. The van der Waals surface area contributed by atoms with Gasteiger partial charge in [0.2, 0.25) is 0 Å². The molecule has 1 unspecified atom stereocenters. The molecular weight excluding hydrogens is 318 g/mol. The highest BCUT2D eigenvalue weighted by Crippen LogP contribution is 2.18. The van der Waals surface area contributed by atoms with Gasteiger partial charge in [0.15, 0.2) is 0 Å². The van der Waals surface area contributed by atoms with Crippen LogP contribution in [0.5, 0.6) is 11.5 Å². The van der Waals surface area contributed by atoms with Crippen molar-refractivity contribution in [1.29, 1.82) is 0 Å². The van der Waals surface area contributed by atoms with Gasteiger partial charge < -0.3 is 15.6 Å². The lowest BCUT2D eigenvalue weighted by Gasteiger charge is -2.09. The number of allylic oxidation sites excluding steroid dienone is 1. The van der Waals surface area contributed by atoms with E-state index in [0.29, 0.717) is 6.42 Å². The number of carbonyl (C=O) groups is 1. The number of carbonyl (C=O) groups excluding carboxylic acids is 1. The van der Waals surface area contributed by atoms with E-state index < -0.39 is 6.04 Å². The quantitative estimate of drug-likeness (QED) is 0.531. The second-order valence-electron chi connectivity index (χ2n) is 5.33. The summed E-state index contributed by atoms with van der Waals surface area (Å²) in [6.45, 7) is 0. The Hall–Kier alpha value is -3.12. The van der Waals surface area contributed by atoms with Crippen LogP contribution >= 0.6 is 0 Å². The van der Waals surface area contributed by atoms with E-state index in [4.69, 9.17) is 10.5 Å². The molecule has 0 aliphatic rings. The number of aromatic hydroxyl groups is 1. The third-order valence-electron chi connectivity index (χ3n) is 3.48. The van der Waals surface area contributed by atoms with Crippen molar-refractivity contribution < 1.29 is 14.6 Å². The van der Waals surface area contributed by atoms with E-state index in [1.54, 1.807) is 37.5 Å². The first kappa shape index (κ1) is 18.2. The van der Waals surface area contributed by atoms with E-state index in [9.17, 15) is 9.90 Å². The highest BCUT2D eigenvalue weighted by Gasteiger charge is 2.13. The predicted octanol–water partition coefficient (Wildman–Crippen LogP) is 2.09. The molecule has 4 N–H and O–H groups in total. The minimum Gasteiger partial charge on any atom is -0.508 e. The molecule has 6 nitrogen and oxygen atoms in total. The van der Waals surface area contributed by atoms with Gasteiger partial charge in [-0.1, -0.05) is 30.3 Å². The van der Waals surface area contributed by atoms with Crippen LogP contribution in [0.4, 0.5) is 0 Å². The number of ether oxygens (including phenoxy) is 1. The largest absolute Gasteiger partial charge is 0.508 e. The van der Waals surface area contributed by atoms with Crippen LogP contribution in [-0.4, -0.2) is 30.4 Å². The number of phenolic OH excluding ortho intramolecular Hbond substituents is 1. The number of methoxy groups -OCH3 is 1. The Morgan fingerprint density at radius 1 is 1.28 bits per heavy atom. The molecule has 0 radical (unpaired) electrons. The molecule has 6 heteroatoms. The SMILES string of the molecule is COc1ccccc1/C=C/C=N/NC(=O)C(N)Cc1ccc(O)cc1. The number of nitrogens with zero attached hydrogens (tertiary/aromatic N) is 1. The van der Waals surface area contributed by atoms with Crippen LogP contribution in [0.15, 0.2) is 59.7 Å². The average Bonchev–Trinajstić information content (AvgIpc) is 2.63. The summed E-state index contributed by atoms with van der Waals surface area (Å²) in [5.41, 5.74) is 10.0. The molecule has 0 bridgehead atoms. The van der Waals surface area contributed by atoms with Crippen LogP contribution in [0, 0.1) is 0 Å². The minimum atomic E-state index is -0.722. The molecule has 25 heavy (non-hydrogen) atoms. The number of hydrogen-bond acceptors (Lipinski definition) is 5. The van der Waals surface area contributed by atoms with E-state index in [1.807, 2.05) is 30.3 Å². The summed E-state index contributed by atoms with van der Waals surface area (Å²) in [5, 5.41) is 13.1. The molecular formula is C19H21N3O3. The van der Waals surface area contributed by atoms with Gasteiger partial charge in [0.05, 0.1) is 13.2 Å². The van der Waals surface area contributed by atoms with Gasteiger partial charge in [-0.05, 0) is 42.3 Å². The maximum absolute atomic E-state index is 11.9. The van der Waals surface area contributed by atoms with Crippen LogP contribution in [-0.2, 0) is 11.2 Å². The summed E-state index contributed by atoms with van der Waals surface area (Å²) in [7, 11) is 1.61. The Labute approximate surface area is 146 Å². The molecule has 0 fully saturated rings. The van der Waals surface area contributed by atoms with Gasteiger partial charge >= 0.3 is 0 Å². The summed E-state index contributed by atoms with van der Waals surface area (Å²) in [6, 6.07) is 13.4. The van der Waals surface area contributed by atoms with Crippen molar-refractivity contribution in [3.8, 4) is 11.5 Å². The lowest BCUT2D eigenvalue weighted by molar-refractivity contribution is -0.122. The van der Waals surface area contributed by atoms with Gasteiger partial charge in [-0.25, -0.2) is 5.43 Å². The highest BCUT2D eigenvalue weighted by atomic mass is 16.5. The Morgan fingerprint density at radius 2 is 2.00 bits per heavy atom. The van der Waals surface area contributed by atoms with Gasteiger partial charge in [-0.2, -0.15) is 5.10 Å². The van der Waals surface area contributed by atoms with Crippen molar-refractivity contribution in [1.82, 2.24) is 5.43 Å². The fourth-order valence-electron chi connectivity index (χ4n) is 2.16.